The van der Waals surface area contributed by atoms with Gasteiger partial charge in [0.1, 0.15) is 5.37 Å². The number of hydrogen-bond donors (Lipinski definition) is 2. The third-order valence-corrected chi connectivity index (χ3v) is 7.21. The maximum Gasteiger partial charge on any atom is 0.522 e. The Morgan fingerprint density at radius 3 is 2.66 bits per heavy atom. The molecule has 41 heavy (non-hydrogen) atoms. The van der Waals surface area contributed by atoms with Crippen LogP contribution >= 0.6 is 11.8 Å². The zero-order chi connectivity index (χ0) is 29.6. The molecule has 0 radical (unpaired) electrons. The van der Waals surface area contributed by atoms with Gasteiger partial charge in [-0.2, -0.15) is 10.2 Å². The fraction of sp³-hybridized carbons (Fsp3) is 0.370. The van der Waals surface area contributed by atoms with E-state index in [0.717, 1.165) is 16.8 Å². The summed E-state index contributed by atoms with van der Waals surface area (Å²) in [4.78, 5) is 31.0. The SMILES string of the molecule is CC(C)c1ccccc1N1C(=O)CSC1C=NNCc1ccc(-c2nc(C(=O)NCCOC(F)(F)F)n(C)n2)cc1. The van der Waals surface area contributed by atoms with E-state index in [2.05, 4.69) is 44.5 Å². The number of benzene rings is 2. The highest BCUT2D eigenvalue weighted by Gasteiger charge is 2.33. The number of nitrogens with zero attached hydrogens (tertiary/aromatic N) is 5. The Morgan fingerprint density at radius 2 is 1.95 bits per heavy atom. The van der Waals surface area contributed by atoms with Crippen LogP contribution in [0.2, 0.25) is 0 Å². The third kappa shape index (κ3) is 7.85. The molecule has 0 aliphatic carbocycles. The van der Waals surface area contributed by atoms with E-state index in [4.69, 9.17) is 0 Å². The van der Waals surface area contributed by atoms with Gasteiger partial charge in [-0.1, -0.05) is 56.3 Å². The number of carbonyl (C=O) groups is 2. The van der Waals surface area contributed by atoms with Crippen molar-refractivity contribution in [1.29, 1.82) is 0 Å². The lowest BCUT2D eigenvalue weighted by Crippen LogP contribution is -2.34. The molecule has 1 saturated heterocycles. The van der Waals surface area contributed by atoms with Crippen molar-refractivity contribution in [1.82, 2.24) is 25.5 Å². The normalized spacial score (nSPS) is 15.7. The minimum atomic E-state index is -4.76. The Morgan fingerprint density at radius 1 is 1.22 bits per heavy atom. The zero-order valence-electron chi connectivity index (χ0n) is 22.7. The molecule has 14 heteroatoms. The Kier molecular flexibility index (Phi) is 9.65. The number of hydrogen-bond acceptors (Lipinski definition) is 8. The summed E-state index contributed by atoms with van der Waals surface area (Å²) in [5, 5.41) is 10.7. The van der Waals surface area contributed by atoms with Crippen LogP contribution in [0.1, 0.15) is 41.5 Å². The summed E-state index contributed by atoms with van der Waals surface area (Å²) in [5.74, 6) is 0.312. The molecule has 1 fully saturated rings. The summed E-state index contributed by atoms with van der Waals surface area (Å²) in [6, 6.07) is 15.2. The molecule has 2 N–H and O–H groups in total. The first-order valence-corrected chi connectivity index (χ1v) is 13.9. The molecule has 0 saturated carbocycles. The maximum atomic E-state index is 12.7. The monoisotopic (exact) mass is 589 g/mol. The van der Waals surface area contributed by atoms with Crippen molar-refractivity contribution in [3.05, 3.63) is 65.5 Å². The summed E-state index contributed by atoms with van der Waals surface area (Å²) in [6.45, 7) is 3.61. The highest BCUT2D eigenvalue weighted by molar-refractivity contribution is 8.01. The minimum absolute atomic E-state index is 0.0413. The van der Waals surface area contributed by atoms with E-state index in [1.165, 1.54) is 23.5 Å². The number of carbonyl (C=O) groups excluding carboxylic acids is 2. The van der Waals surface area contributed by atoms with Crippen LogP contribution in [0.25, 0.3) is 11.4 Å². The van der Waals surface area contributed by atoms with Crippen LogP contribution in [0, 0.1) is 0 Å². The second-order valence-electron chi connectivity index (χ2n) is 9.42. The van der Waals surface area contributed by atoms with Gasteiger partial charge in [-0.3, -0.25) is 19.2 Å². The van der Waals surface area contributed by atoms with Crippen LogP contribution in [0.3, 0.4) is 0 Å². The van der Waals surface area contributed by atoms with E-state index < -0.39 is 18.9 Å². The molecule has 4 rings (SSSR count). The van der Waals surface area contributed by atoms with E-state index in [1.54, 1.807) is 23.2 Å². The molecule has 218 valence electrons. The standard InChI is InChI=1S/C27H30F3N7O3S/c1-17(2)20-6-4-5-7-21(20)37-22(38)16-41-23(37)15-33-32-14-18-8-10-19(11-9-18)24-34-25(36(3)35-24)26(39)31-12-13-40-27(28,29)30/h4-11,15,17,23,32H,12-14,16H2,1-3H3,(H,31,39). The fourth-order valence-electron chi connectivity index (χ4n) is 4.16. The number of halogens is 3. The van der Waals surface area contributed by atoms with E-state index in [0.29, 0.717) is 23.7 Å². The Balaban J connectivity index is 1.32. The highest BCUT2D eigenvalue weighted by Crippen LogP contribution is 2.35. The number of aryl methyl sites for hydroxylation is 1. The molecule has 0 bridgehead atoms. The summed E-state index contributed by atoms with van der Waals surface area (Å²) in [7, 11) is 1.52. The number of anilines is 1. The van der Waals surface area contributed by atoms with Gasteiger partial charge in [0.05, 0.1) is 25.1 Å². The molecular weight excluding hydrogens is 559 g/mol. The van der Waals surface area contributed by atoms with Gasteiger partial charge in [0.25, 0.3) is 5.91 Å². The minimum Gasteiger partial charge on any atom is -0.347 e. The van der Waals surface area contributed by atoms with Gasteiger partial charge in [-0.15, -0.1) is 24.9 Å². The molecule has 1 aliphatic rings. The van der Waals surface area contributed by atoms with Crippen LogP contribution in [-0.4, -0.2) is 63.4 Å². The molecule has 2 aromatic carbocycles. The van der Waals surface area contributed by atoms with E-state index in [9.17, 15) is 22.8 Å². The van der Waals surface area contributed by atoms with Crippen molar-refractivity contribution < 1.29 is 27.5 Å². The number of rotatable bonds is 11. The van der Waals surface area contributed by atoms with Crippen LogP contribution in [0.15, 0.2) is 53.6 Å². The van der Waals surface area contributed by atoms with Crippen LogP contribution in [0.4, 0.5) is 18.9 Å². The van der Waals surface area contributed by atoms with Crippen molar-refractivity contribution in [3.8, 4) is 11.4 Å². The molecule has 3 aromatic rings. The summed E-state index contributed by atoms with van der Waals surface area (Å²) >= 11 is 1.52. The molecule has 1 aromatic heterocycles. The van der Waals surface area contributed by atoms with E-state index in [1.807, 2.05) is 36.4 Å². The number of thioether (sulfide) groups is 1. The number of hydrazone groups is 1. The quantitative estimate of drug-likeness (QED) is 0.197. The first-order chi connectivity index (χ1) is 19.5. The molecular formula is C27H30F3N7O3S. The Bertz CT molecular complexity index is 1390. The van der Waals surface area contributed by atoms with Gasteiger partial charge in [-0.05, 0) is 23.1 Å². The molecule has 1 aliphatic heterocycles. The van der Waals surface area contributed by atoms with Gasteiger partial charge >= 0.3 is 6.36 Å². The predicted molar refractivity (Wildman–Crippen MR) is 150 cm³/mol. The topological polar surface area (TPSA) is 114 Å². The summed E-state index contributed by atoms with van der Waals surface area (Å²) < 4.78 is 41.1. The molecule has 2 amide bonds. The largest absolute Gasteiger partial charge is 0.522 e. The lowest BCUT2D eigenvalue weighted by atomic mass is 10.0. The van der Waals surface area contributed by atoms with Gasteiger partial charge in [0.2, 0.25) is 11.7 Å². The molecule has 0 spiro atoms. The second-order valence-corrected chi connectivity index (χ2v) is 10.5. The Labute approximate surface area is 239 Å². The van der Waals surface area contributed by atoms with Gasteiger partial charge < -0.3 is 10.7 Å². The molecule has 10 nitrogen and oxygen atoms in total. The van der Waals surface area contributed by atoms with Crippen LogP contribution in [-0.2, 0) is 23.1 Å². The highest BCUT2D eigenvalue weighted by atomic mass is 32.2. The van der Waals surface area contributed by atoms with Crippen molar-refractivity contribution in [2.45, 2.75) is 38.0 Å². The fourth-order valence-corrected chi connectivity index (χ4v) is 5.14. The van der Waals surface area contributed by atoms with Crippen molar-refractivity contribution in [2.75, 3.05) is 23.8 Å². The van der Waals surface area contributed by atoms with Crippen molar-refractivity contribution in [2.24, 2.45) is 12.1 Å². The lowest BCUT2D eigenvalue weighted by molar-refractivity contribution is -0.323. The third-order valence-electron chi connectivity index (χ3n) is 6.13. The lowest BCUT2D eigenvalue weighted by Gasteiger charge is -2.25. The number of amides is 2. The number of nitrogens with one attached hydrogen (secondary N) is 2. The summed E-state index contributed by atoms with van der Waals surface area (Å²) in [6.07, 6.45) is -3.02. The predicted octanol–water partition coefficient (Wildman–Crippen LogP) is 4.05. The van der Waals surface area contributed by atoms with Crippen LogP contribution in [0.5, 0.6) is 0 Å². The second kappa shape index (κ2) is 13.2. The Hall–Kier alpha value is -3.91. The van der Waals surface area contributed by atoms with Gasteiger partial charge in [-0.25, -0.2) is 9.67 Å². The van der Waals surface area contributed by atoms with Gasteiger partial charge in [0.15, 0.2) is 5.82 Å². The van der Waals surface area contributed by atoms with E-state index in [-0.39, 0.29) is 29.6 Å². The molecule has 2 heterocycles. The van der Waals surface area contributed by atoms with Gasteiger partial charge in [0, 0.05) is 24.8 Å². The molecule has 1 unspecified atom stereocenters. The number of aromatic nitrogens is 3. The zero-order valence-corrected chi connectivity index (χ0v) is 23.5. The number of alkyl halides is 3. The average molecular weight is 590 g/mol. The van der Waals surface area contributed by atoms with Crippen molar-refractivity contribution >= 4 is 35.5 Å². The summed E-state index contributed by atoms with van der Waals surface area (Å²) in [5.41, 5.74) is 6.63. The smallest absolute Gasteiger partial charge is 0.347 e. The maximum absolute atomic E-state index is 12.7. The number of para-hydroxylation sites is 1. The first kappa shape index (κ1) is 30.1. The first-order valence-electron chi connectivity index (χ1n) is 12.8. The average Bonchev–Trinajstić information content (AvgIpc) is 3.50. The van der Waals surface area contributed by atoms with Crippen molar-refractivity contribution in [3.63, 3.8) is 0 Å². The van der Waals surface area contributed by atoms with E-state index >= 15 is 0 Å². The van der Waals surface area contributed by atoms with Crippen LogP contribution < -0.4 is 15.6 Å². The number of ether oxygens (including phenoxy) is 1. The molecule has 1 atom stereocenters.